The molecule has 0 radical (unpaired) electrons. The maximum Gasteiger partial charge on any atom is 0.233 e. The topological polar surface area (TPSA) is 50.2 Å². The quantitative estimate of drug-likeness (QED) is 0.887. The van der Waals surface area contributed by atoms with Gasteiger partial charge in [-0.25, -0.2) is 4.98 Å². The van der Waals surface area contributed by atoms with Gasteiger partial charge in [0.2, 0.25) is 5.91 Å². The number of nitrogens with one attached hydrogen (secondary N) is 1. The number of carbonyl (C=O) groups excluding carboxylic acids is 1. The van der Waals surface area contributed by atoms with Gasteiger partial charge in [-0.05, 0) is 31.8 Å². The second kappa shape index (κ2) is 6.88. The molecular formula is C15H26N4O. The van der Waals surface area contributed by atoms with Gasteiger partial charge in [-0.1, -0.05) is 13.8 Å². The van der Waals surface area contributed by atoms with E-state index in [1.165, 1.54) is 5.82 Å². The molecule has 0 aliphatic carbocycles. The van der Waals surface area contributed by atoms with Crippen LogP contribution in [0.4, 0.5) is 0 Å². The molecule has 1 saturated heterocycles. The fourth-order valence-electron chi connectivity index (χ4n) is 2.86. The number of imidazole rings is 1. The molecule has 1 aliphatic heterocycles. The summed E-state index contributed by atoms with van der Waals surface area (Å²) in [7, 11) is 1.70. The van der Waals surface area contributed by atoms with Gasteiger partial charge in [0.25, 0.3) is 0 Å². The van der Waals surface area contributed by atoms with Gasteiger partial charge in [-0.3, -0.25) is 9.69 Å². The first-order chi connectivity index (χ1) is 9.60. The van der Waals surface area contributed by atoms with E-state index in [9.17, 15) is 4.79 Å². The fourth-order valence-corrected chi connectivity index (χ4v) is 2.86. The molecule has 5 nitrogen and oxygen atoms in total. The predicted octanol–water partition coefficient (Wildman–Crippen LogP) is 1.46. The summed E-state index contributed by atoms with van der Waals surface area (Å²) in [4.78, 5) is 18.1. The van der Waals surface area contributed by atoms with E-state index >= 15 is 0 Å². The first-order valence-corrected chi connectivity index (χ1v) is 7.54. The number of piperidine rings is 1. The lowest BCUT2D eigenvalue weighted by Gasteiger charge is -2.31. The SMILES string of the molecule is CNC(=O)CN1CCC(Cn2ccnc2C(C)C)CC1. The highest BCUT2D eigenvalue weighted by Crippen LogP contribution is 2.21. The molecule has 0 unspecified atom stereocenters. The third-order valence-electron chi connectivity index (χ3n) is 4.07. The van der Waals surface area contributed by atoms with Gasteiger partial charge in [-0.2, -0.15) is 0 Å². The normalized spacial score (nSPS) is 17.6. The average molecular weight is 278 g/mol. The molecule has 1 aromatic heterocycles. The molecule has 5 heteroatoms. The van der Waals surface area contributed by atoms with Gasteiger partial charge in [0.05, 0.1) is 6.54 Å². The van der Waals surface area contributed by atoms with Crippen molar-refractivity contribution in [2.45, 2.75) is 39.2 Å². The van der Waals surface area contributed by atoms with Crippen LogP contribution in [0.3, 0.4) is 0 Å². The molecule has 1 amide bonds. The van der Waals surface area contributed by atoms with Crippen LogP contribution < -0.4 is 5.32 Å². The van der Waals surface area contributed by atoms with Gasteiger partial charge in [-0.15, -0.1) is 0 Å². The van der Waals surface area contributed by atoms with Gasteiger partial charge < -0.3 is 9.88 Å². The maximum absolute atomic E-state index is 11.4. The third-order valence-corrected chi connectivity index (χ3v) is 4.07. The molecule has 0 aromatic carbocycles. The van der Waals surface area contributed by atoms with Crippen molar-refractivity contribution in [1.82, 2.24) is 19.8 Å². The van der Waals surface area contributed by atoms with Crippen LogP contribution in [0.15, 0.2) is 12.4 Å². The number of hydrogen-bond donors (Lipinski definition) is 1. The van der Waals surface area contributed by atoms with E-state index in [4.69, 9.17) is 0 Å². The lowest BCUT2D eigenvalue weighted by molar-refractivity contribution is -0.122. The molecule has 112 valence electrons. The summed E-state index contributed by atoms with van der Waals surface area (Å²) in [5, 5.41) is 2.69. The molecular weight excluding hydrogens is 252 g/mol. The predicted molar refractivity (Wildman–Crippen MR) is 79.5 cm³/mol. The van der Waals surface area contributed by atoms with Crippen LogP contribution in [-0.4, -0.2) is 47.0 Å². The summed E-state index contributed by atoms with van der Waals surface area (Å²) in [5.41, 5.74) is 0. The molecule has 0 saturated carbocycles. The second-order valence-corrected chi connectivity index (χ2v) is 5.99. The van der Waals surface area contributed by atoms with E-state index in [1.807, 2.05) is 6.20 Å². The third kappa shape index (κ3) is 3.82. The minimum Gasteiger partial charge on any atom is -0.358 e. The minimum absolute atomic E-state index is 0.111. The van der Waals surface area contributed by atoms with Crippen LogP contribution in [0.2, 0.25) is 0 Å². The Bertz CT molecular complexity index is 433. The fraction of sp³-hybridized carbons (Fsp3) is 0.733. The van der Waals surface area contributed by atoms with E-state index in [0.717, 1.165) is 32.5 Å². The lowest BCUT2D eigenvalue weighted by atomic mass is 9.96. The first-order valence-electron chi connectivity index (χ1n) is 7.54. The Kier molecular flexibility index (Phi) is 5.17. The Morgan fingerprint density at radius 2 is 2.15 bits per heavy atom. The zero-order valence-corrected chi connectivity index (χ0v) is 12.8. The Hall–Kier alpha value is -1.36. The van der Waals surface area contributed by atoms with Crippen molar-refractivity contribution in [1.29, 1.82) is 0 Å². The molecule has 2 rings (SSSR count). The standard InChI is InChI=1S/C15H26N4O/c1-12(2)15-17-6-9-19(15)10-13-4-7-18(8-5-13)11-14(20)16-3/h6,9,12-13H,4-5,7-8,10-11H2,1-3H3,(H,16,20). The van der Waals surface area contributed by atoms with E-state index in [0.29, 0.717) is 18.4 Å². The molecule has 20 heavy (non-hydrogen) atoms. The van der Waals surface area contributed by atoms with Gasteiger partial charge in [0, 0.05) is 31.9 Å². The summed E-state index contributed by atoms with van der Waals surface area (Å²) in [6.07, 6.45) is 6.31. The van der Waals surface area contributed by atoms with Crippen LogP contribution in [0.1, 0.15) is 38.4 Å². The number of carbonyl (C=O) groups is 1. The summed E-state index contributed by atoms with van der Waals surface area (Å²) in [6.45, 7) is 8.00. The lowest BCUT2D eigenvalue weighted by Crippen LogP contribution is -2.41. The Morgan fingerprint density at radius 1 is 1.45 bits per heavy atom. The first kappa shape index (κ1) is 15.0. The monoisotopic (exact) mass is 278 g/mol. The maximum atomic E-state index is 11.4. The minimum atomic E-state index is 0.111. The number of hydrogen-bond acceptors (Lipinski definition) is 3. The summed E-state index contributed by atoms with van der Waals surface area (Å²) in [6, 6.07) is 0. The summed E-state index contributed by atoms with van der Waals surface area (Å²) >= 11 is 0. The van der Waals surface area contributed by atoms with Crippen molar-refractivity contribution < 1.29 is 4.79 Å². The number of likely N-dealkylation sites (tertiary alicyclic amines) is 1. The van der Waals surface area contributed by atoms with Crippen LogP contribution in [0.25, 0.3) is 0 Å². The van der Waals surface area contributed by atoms with E-state index in [2.05, 4.69) is 39.8 Å². The summed E-state index contributed by atoms with van der Waals surface area (Å²) < 4.78 is 2.30. The van der Waals surface area contributed by atoms with Gasteiger partial charge in [0.1, 0.15) is 5.82 Å². The number of likely N-dealkylation sites (N-methyl/N-ethyl adjacent to an activating group) is 1. The zero-order chi connectivity index (χ0) is 14.5. The number of nitrogens with zero attached hydrogens (tertiary/aromatic N) is 3. The molecule has 1 N–H and O–H groups in total. The number of aromatic nitrogens is 2. The molecule has 1 aromatic rings. The Balaban J connectivity index is 1.82. The van der Waals surface area contributed by atoms with Crippen LogP contribution in [-0.2, 0) is 11.3 Å². The zero-order valence-electron chi connectivity index (χ0n) is 12.8. The van der Waals surface area contributed by atoms with E-state index in [1.54, 1.807) is 7.05 Å². The van der Waals surface area contributed by atoms with Gasteiger partial charge in [0.15, 0.2) is 0 Å². The number of amides is 1. The van der Waals surface area contributed by atoms with Crippen LogP contribution >= 0.6 is 0 Å². The highest BCUT2D eigenvalue weighted by atomic mass is 16.1. The van der Waals surface area contributed by atoms with Crippen molar-refractivity contribution in [2.75, 3.05) is 26.7 Å². The second-order valence-electron chi connectivity index (χ2n) is 5.99. The highest BCUT2D eigenvalue weighted by Gasteiger charge is 2.21. The van der Waals surface area contributed by atoms with Crippen LogP contribution in [0.5, 0.6) is 0 Å². The Labute approximate surface area is 121 Å². The van der Waals surface area contributed by atoms with Crippen molar-refractivity contribution in [3.8, 4) is 0 Å². The smallest absolute Gasteiger partial charge is 0.233 e. The van der Waals surface area contributed by atoms with E-state index < -0.39 is 0 Å². The molecule has 0 bridgehead atoms. The Morgan fingerprint density at radius 3 is 2.75 bits per heavy atom. The average Bonchev–Trinajstić information content (AvgIpc) is 2.89. The van der Waals surface area contributed by atoms with Crippen molar-refractivity contribution in [3.05, 3.63) is 18.2 Å². The molecule has 0 atom stereocenters. The molecule has 0 spiro atoms. The highest BCUT2D eigenvalue weighted by molar-refractivity contribution is 5.77. The van der Waals surface area contributed by atoms with Crippen LogP contribution in [0, 0.1) is 5.92 Å². The largest absolute Gasteiger partial charge is 0.358 e. The molecule has 1 aliphatic rings. The molecule has 1 fully saturated rings. The van der Waals surface area contributed by atoms with E-state index in [-0.39, 0.29) is 5.91 Å². The summed E-state index contributed by atoms with van der Waals surface area (Å²) in [5.74, 6) is 2.46. The molecule has 2 heterocycles. The van der Waals surface area contributed by atoms with Crippen molar-refractivity contribution in [2.24, 2.45) is 5.92 Å². The van der Waals surface area contributed by atoms with Crippen molar-refractivity contribution in [3.63, 3.8) is 0 Å². The number of rotatable bonds is 5. The van der Waals surface area contributed by atoms with Gasteiger partial charge >= 0.3 is 0 Å². The van der Waals surface area contributed by atoms with Crippen molar-refractivity contribution >= 4 is 5.91 Å².